The molecule has 2 rings (SSSR count). The third kappa shape index (κ3) is 7.69. The minimum absolute atomic E-state index is 0.0253. The van der Waals surface area contributed by atoms with E-state index in [0.29, 0.717) is 11.1 Å². The predicted octanol–water partition coefficient (Wildman–Crippen LogP) is 3.45. The molecule has 0 bridgehead atoms. The lowest BCUT2D eigenvalue weighted by molar-refractivity contribution is -0.147. The molecule has 31 heavy (non-hydrogen) atoms. The van der Waals surface area contributed by atoms with E-state index in [1.807, 2.05) is 0 Å². The second-order valence-corrected chi connectivity index (χ2v) is 6.77. The zero-order chi connectivity index (χ0) is 23.0. The van der Waals surface area contributed by atoms with Crippen molar-refractivity contribution in [3.05, 3.63) is 70.8 Å². The summed E-state index contributed by atoms with van der Waals surface area (Å²) in [5.74, 6) is -3.11. The molecule has 4 N–H and O–H groups in total. The molecule has 162 valence electrons. The fraction of sp³-hybridized carbons (Fsp3) is 0.174. The molecule has 8 heteroatoms. The third-order valence-corrected chi connectivity index (χ3v) is 4.25. The van der Waals surface area contributed by atoms with Crippen molar-refractivity contribution >= 4 is 30.1 Å². The number of carbonyl (C=O) groups is 3. The monoisotopic (exact) mass is 426 g/mol. The molecule has 0 heterocycles. The number of phenolic OH excluding ortho intramolecular Hbond substituents is 2. The molecule has 0 spiro atoms. The number of carboxylic acids is 2. The van der Waals surface area contributed by atoms with E-state index in [2.05, 4.69) is 0 Å². The highest BCUT2D eigenvalue weighted by atomic mass is 16.5. The van der Waals surface area contributed by atoms with Crippen molar-refractivity contribution in [3.8, 4) is 11.5 Å². The fourth-order valence-corrected chi connectivity index (χ4v) is 2.84. The fourth-order valence-electron chi connectivity index (χ4n) is 2.84. The maximum atomic E-state index is 11.7. The Morgan fingerprint density at radius 3 is 1.42 bits per heavy atom. The van der Waals surface area contributed by atoms with Gasteiger partial charge in [0, 0.05) is 30.9 Å². The summed E-state index contributed by atoms with van der Waals surface area (Å²) in [5.41, 5.74) is 0.836. The second kappa shape index (κ2) is 10.6. The van der Waals surface area contributed by atoms with E-state index in [1.165, 1.54) is 60.7 Å². The first-order valence-corrected chi connectivity index (χ1v) is 9.27. The van der Waals surface area contributed by atoms with Gasteiger partial charge in [-0.15, -0.1) is 0 Å². The van der Waals surface area contributed by atoms with Crippen molar-refractivity contribution in [3.63, 3.8) is 0 Å². The molecule has 0 fully saturated rings. The number of phenols is 2. The molecular weight excluding hydrogens is 404 g/mol. The third-order valence-electron chi connectivity index (χ3n) is 4.25. The van der Waals surface area contributed by atoms with Crippen LogP contribution in [-0.2, 0) is 19.1 Å². The number of ether oxygens (including phenoxy) is 1. The first-order chi connectivity index (χ1) is 14.6. The van der Waals surface area contributed by atoms with Crippen LogP contribution in [0.4, 0.5) is 0 Å². The molecule has 8 nitrogen and oxygen atoms in total. The van der Waals surface area contributed by atoms with E-state index < -0.39 is 24.0 Å². The summed E-state index contributed by atoms with van der Waals surface area (Å²) >= 11 is 0. The lowest BCUT2D eigenvalue weighted by Gasteiger charge is -2.18. The van der Waals surface area contributed by atoms with Crippen LogP contribution in [0.1, 0.15) is 30.9 Å². The van der Waals surface area contributed by atoms with Crippen molar-refractivity contribution in [1.29, 1.82) is 0 Å². The zero-order valence-electron chi connectivity index (χ0n) is 16.7. The van der Waals surface area contributed by atoms with Gasteiger partial charge in [0.1, 0.15) is 17.6 Å². The molecule has 0 radical (unpaired) electrons. The Hall–Kier alpha value is -4.07. The quantitative estimate of drug-likeness (QED) is 0.353. The highest BCUT2D eigenvalue weighted by molar-refractivity contribution is 5.93. The summed E-state index contributed by atoms with van der Waals surface area (Å²) in [5, 5.41) is 37.9. The van der Waals surface area contributed by atoms with Gasteiger partial charge in [-0.2, -0.15) is 0 Å². The number of aliphatic carboxylic acids is 2. The van der Waals surface area contributed by atoms with E-state index in [-0.39, 0.29) is 35.5 Å². The molecule has 2 aromatic rings. The van der Waals surface area contributed by atoms with Crippen molar-refractivity contribution in [2.24, 2.45) is 0 Å². The van der Waals surface area contributed by atoms with Gasteiger partial charge in [-0.3, -0.25) is 4.79 Å². The van der Waals surface area contributed by atoms with Crippen LogP contribution in [0, 0.1) is 0 Å². The van der Waals surface area contributed by atoms with Crippen LogP contribution in [0.3, 0.4) is 0 Å². The Bertz CT molecular complexity index is 925. The first-order valence-electron chi connectivity index (χ1n) is 9.27. The number of benzene rings is 2. The smallest absolute Gasteiger partial charge is 0.331 e. The number of hydrogen-bond acceptors (Lipinski definition) is 6. The Morgan fingerprint density at radius 1 is 0.774 bits per heavy atom. The van der Waals surface area contributed by atoms with Gasteiger partial charge in [-0.05, 0) is 47.5 Å². The molecule has 0 aliphatic rings. The lowest BCUT2D eigenvalue weighted by atomic mass is 9.98. The van der Waals surface area contributed by atoms with Crippen molar-refractivity contribution in [2.45, 2.75) is 25.9 Å². The molecule has 0 saturated heterocycles. The number of aromatic hydroxyl groups is 2. The molecule has 0 unspecified atom stereocenters. The minimum Gasteiger partial charge on any atom is -0.508 e. The molecule has 0 aliphatic heterocycles. The van der Waals surface area contributed by atoms with Gasteiger partial charge in [0.15, 0.2) is 0 Å². The van der Waals surface area contributed by atoms with Gasteiger partial charge in [0.25, 0.3) is 0 Å². The van der Waals surface area contributed by atoms with Crippen molar-refractivity contribution in [2.75, 3.05) is 0 Å². The first kappa shape index (κ1) is 23.2. The molecule has 0 saturated carbocycles. The number of carboxylic acid groups (broad SMARTS) is 2. The number of rotatable bonds is 9. The molecule has 0 amide bonds. The van der Waals surface area contributed by atoms with Gasteiger partial charge in [0.2, 0.25) is 0 Å². The minimum atomic E-state index is -1.25. The SMILES string of the molecule is CC(=O)OC(CC(=Cc1ccc(O)cc1)C(=O)O)CC(=Cc1ccc(O)cc1)C(=O)O. The maximum absolute atomic E-state index is 11.7. The van der Waals surface area contributed by atoms with Gasteiger partial charge in [-0.25, -0.2) is 9.59 Å². The predicted molar refractivity (Wildman–Crippen MR) is 112 cm³/mol. The van der Waals surface area contributed by atoms with Gasteiger partial charge < -0.3 is 25.2 Å². The average molecular weight is 426 g/mol. The highest BCUT2D eigenvalue weighted by Gasteiger charge is 2.23. The van der Waals surface area contributed by atoms with Crippen LogP contribution in [-0.4, -0.2) is 44.4 Å². The average Bonchev–Trinajstić information content (AvgIpc) is 2.69. The number of hydrogen-bond donors (Lipinski definition) is 4. The van der Waals surface area contributed by atoms with E-state index in [4.69, 9.17) is 4.74 Å². The number of carbonyl (C=O) groups excluding carboxylic acids is 1. The van der Waals surface area contributed by atoms with Crippen LogP contribution in [0.2, 0.25) is 0 Å². The zero-order valence-corrected chi connectivity index (χ0v) is 16.7. The molecule has 0 atom stereocenters. The normalized spacial score (nSPS) is 12.8. The highest BCUT2D eigenvalue weighted by Crippen LogP contribution is 2.23. The van der Waals surface area contributed by atoms with E-state index in [0.717, 1.165) is 6.92 Å². The summed E-state index contributed by atoms with van der Waals surface area (Å²) in [6.07, 6.45) is 1.24. The van der Waals surface area contributed by atoms with Crippen LogP contribution in [0.15, 0.2) is 59.7 Å². The van der Waals surface area contributed by atoms with Crippen LogP contribution >= 0.6 is 0 Å². The topological polar surface area (TPSA) is 141 Å². The summed E-state index contributed by atoms with van der Waals surface area (Å²) in [4.78, 5) is 35.0. The standard InChI is InChI=1S/C23H22O8/c1-14(24)31-21(12-17(22(27)28)10-15-2-6-19(25)7-3-15)13-18(23(29)30)11-16-4-8-20(26)9-5-16/h2-11,21,25-26H,12-13H2,1H3,(H,27,28)(H,29,30). The van der Waals surface area contributed by atoms with Gasteiger partial charge in [0.05, 0.1) is 0 Å². The Kier molecular flexibility index (Phi) is 7.96. The van der Waals surface area contributed by atoms with Crippen molar-refractivity contribution in [1.82, 2.24) is 0 Å². The van der Waals surface area contributed by atoms with Crippen LogP contribution in [0.5, 0.6) is 11.5 Å². The molecule has 0 aromatic heterocycles. The van der Waals surface area contributed by atoms with Crippen LogP contribution in [0.25, 0.3) is 12.2 Å². The second-order valence-electron chi connectivity index (χ2n) is 6.77. The van der Waals surface area contributed by atoms with Gasteiger partial charge in [-0.1, -0.05) is 24.3 Å². The van der Waals surface area contributed by atoms with E-state index in [9.17, 15) is 34.8 Å². The maximum Gasteiger partial charge on any atom is 0.331 e. The van der Waals surface area contributed by atoms with Crippen LogP contribution < -0.4 is 0 Å². The Balaban J connectivity index is 2.32. The molecule has 2 aromatic carbocycles. The Labute approximate surface area is 178 Å². The lowest BCUT2D eigenvalue weighted by Crippen LogP contribution is -2.22. The summed E-state index contributed by atoms with van der Waals surface area (Å²) in [6, 6.07) is 11.7. The van der Waals surface area contributed by atoms with E-state index >= 15 is 0 Å². The summed E-state index contributed by atoms with van der Waals surface area (Å²) in [7, 11) is 0. The number of esters is 1. The largest absolute Gasteiger partial charge is 0.508 e. The Morgan fingerprint density at radius 2 is 1.13 bits per heavy atom. The summed E-state index contributed by atoms with van der Waals surface area (Å²) in [6.45, 7) is 1.15. The molecular formula is C23H22O8. The van der Waals surface area contributed by atoms with Gasteiger partial charge >= 0.3 is 17.9 Å². The molecule has 0 aliphatic carbocycles. The van der Waals surface area contributed by atoms with E-state index in [1.54, 1.807) is 0 Å². The summed E-state index contributed by atoms with van der Waals surface area (Å²) < 4.78 is 5.20. The van der Waals surface area contributed by atoms with Crippen molar-refractivity contribution < 1.29 is 39.5 Å².